The Bertz CT molecular complexity index is 282. The molecule has 1 amide bonds. The fraction of sp³-hybridized carbons (Fsp3) is 0.917. The van der Waals surface area contributed by atoms with Crippen molar-refractivity contribution >= 4 is 6.09 Å². The molecule has 0 aliphatic heterocycles. The van der Waals surface area contributed by atoms with Gasteiger partial charge in [-0.3, -0.25) is 0 Å². The molecule has 3 nitrogen and oxygen atoms in total. The maximum absolute atomic E-state index is 11.5. The second-order valence-corrected chi connectivity index (χ2v) is 6.34. The van der Waals surface area contributed by atoms with Gasteiger partial charge in [0.1, 0.15) is 5.60 Å². The number of nitrogens with one attached hydrogen (secondary N) is 1. The Morgan fingerprint density at radius 2 is 2.07 bits per heavy atom. The molecule has 86 valence electrons. The highest BCUT2D eigenvalue weighted by molar-refractivity contribution is 5.68. The SMILES string of the molecule is CC(C)(C)OC(=O)N[C@H]1CC2C[C@]2(C)C1. The molecule has 1 unspecified atom stereocenters. The van der Waals surface area contributed by atoms with Crippen molar-refractivity contribution in [3.05, 3.63) is 0 Å². The number of ether oxygens (including phenoxy) is 1. The van der Waals surface area contributed by atoms with Gasteiger partial charge in [-0.05, 0) is 51.4 Å². The van der Waals surface area contributed by atoms with Crippen LogP contribution in [0.3, 0.4) is 0 Å². The molecule has 2 fully saturated rings. The molecule has 0 heterocycles. The average molecular weight is 211 g/mol. The van der Waals surface area contributed by atoms with Gasteiger partial charge in [-0.25, -0.2) is 4.79 Å². The molecule has 0 spiro atoms. The number of rotatable bonds is 1. The van der Waals surface area contributed by atoms with Gasteiger partial charge >= 0.3 is 6.09 Å². The predicted octanol–water partition coefficient (Wildman–Crippen LogP) is 2.70. The zero-order chi connectivity index (χ0) is 11.3. The second-order valence-electron chi connectivity index (χ2n) is 6.34. The third kappa shape index (κ3) is 2.44. The molecule has 2 aliphatic rings. The lowest BCUT2D eigenvalue weighted by Gasteiger charge is -2.22. The fourth-order valence-electron chi connectivity index (χ4n) is 2.70. The molecule has 2 saturated carbocycles. The number of amides is 1. The summed E-state index contributed by atoms with van der Waals surface area (Å²) in [6.45, 7) is 7.98. The standard InChI is InChI=1S/C12H21NO2/c1-11(2,3)15-10(14)13-9-5-8-6-12(8,4)7-9/h8-9H,5-7H2,1-4H3,(H,13,14)/t8?,9-,12+/m0/s1. The summed E-state index contributed by atoms with van der Waals surface area (Å²) in [4.78, 5) is 11.5. The van der Waals surface area contributed by atoms with Gasteiger partial charge in [0.2, 0.25) is 0 Å². The number of alkyl carbamates (subject to hydrolysis) is 1. The monoisotopic (exact) mass is 211 g/mol. The topological polar surface area (TPSA) is 38.3 Å². The number of hydrogen-bond donors (Lipinski definition) is 1. The number of fused-ring (bicyclic) bond motifs is 1. The van der Waals surface area contributed by atoms with Gasteiger partial charge in [-0.2, -0.15) is 0 Å². The van der Waals surface area contributed by atoms with Crippen LogP contribution in [0.25, 0.3) is 0 Å². The van der Waals surface area contributed by atoms with Gasteiger partial charge in [0.15, 0.2) is 0 Å². The first kappa shape index (κ1) is 10.8. The summed E-state index contributed by atoms with van der Waals surface area (Å²) in [5.41, 5.74) is 0.134. The van der Waals surface area contributed by atoms with Crippen LogP contribution in [0.1, 0.15) is 47.0 Å². The Morgan fingerprint density at radius 1 is 1.40 bits per heavy atom. The first-order chi connectivity index (χ1) is 6.78. The molecule has 3 atom stereocenters. The minimum atomic E-state index is -0.393. The van der Waals surface area contributed by atoms with Gasteiger partial charge in [0.25, 0.3) is 0 Å². The maximum atomic E-state index is 11.5. The first-order valence-corrected chi connectivity index (χ1v) is 5.78. The molecule has 15 heavy (non-hydrogen) atoms. The van der Waals surface area contributed by atoms with E-state index in [1.807, 2.05) is 20.8 Å². The van der Waals surface area contributed by atoms with E-state index in [4.69, 9.17) is 4.74 Å². The molecule has 0 bridgehead atoms. The zero-order valence-electron chi connectivity index (χ0n) is 10.1. The van der Waals surface area contributed by atoms with E-state index in [9.17, 15) is 4.79 Å². The van der Waals surface area contributed by atoms with Crippen molar-refractivity contribution in [1.82, 2.24) is 5.32 Å². The molecule has 0 aromatic rings. The molecule has 0 aromatic carbocycles. The van der Waals surface area contributed by atoms with Gasteiger partial charge in [-0.15, -0.1) is 0 Å². The number of carbonyl (C=O) groups excluding carboxylic acids is 1. The number of hydrogen-bond acceptors (Lipinski definition) is 2. The summed E-state index contributed by atoms with van der Waals surface area (Å²) < 4.78 is 5.23. The Balaban J connectivity index is 1.77. The summed E-state index contributed by atoms with van der Waals surface area (Å²) in [6.07, 6.45) is 3.34. The summed E-state index contributed by atoms with van der Waals surface area (Å²) in [6, 6.07) is 0.337. The van der Waals surface area contributed by atoms with Crippen molar-refractivity contribution in [3.63, 3.8) is 0 Å². The van der Waals surface area contributed by atoms with E-state index in [2.05, 4.69) is 12.2 Å². The molecule has 2 rings (SSSR count). The summed E-state index contributed by atoms with van der Waals surface area (Å²) in [7, 11) is 0. The molecular weight excluding hydrogens is 190 g/mol. The summed E-state index contributed by atoms with van der Waals surface area (Å²) in [5, 5.41) is 2.96. The predicted molar refractivity (Wildman–Crippen MR) is 58.6 cm³/mol. The van der Waals surface area contributed by atoms with Crippen molar-refractivity contribution in [2.75, 3.05) is 0 Å². The van der Waals surface area contributed by atoms with Crippen molar-refractivity contribution in [1.29, 1.82) is 0 Å². The highest BCUT2D eigenvalue weighted by Gasteiger charge is 2.56. The minimum absolute atomic E-state index is 0.266. The molecule has 0 radical (unpaired) electrons. The van der Waals surface area contributed by atoms with Gasteiger partial charge < -0.3 is 10.1 Å². The molecule has 0 saturated heterocycles. The lowest BCUT2D eigenvalue weighted by Crippen LogP contribution is -2.38. The van der Waals surface area contributed by atoms with Crippen LogP contribution in [-0.2, 0) is 4.74 Å². The first-order valence-electron chi connectivity index (χ1n) is 5.78. The fourth-order valence-corrected chi connectivity index (χ4v) is 2.70. The summed E-state index contributed by atoms with van der Waals surface area (Å²) >= 11 is 0. The van der Waals surface area contributed by atoms with E-state index >= 15 is 0 Å². The van der Waals surface area contributed by atoms with Crippen LogP contribution in [0.4, 0.5) is 4.79 Å². The smallest absolute Gasteiger partial charge is 0.407 e. The number of carbonyl (C=O) groups is 1. The van der Waals surface area contributed by atoms with Crippen LogP contribution in [0.15, 0.2) is 0 Å². The second kappa shape index (κ2) is 3.13. The van der Waals surface area contributed by atoms with Crippen LogP contribution in [-0.4, -0.2) is 17.7 Å². The van der Waals surface area contributed by atoms with Crippen LogP contribution in [0.2, 0.25) is 0 Å². The Kier molecular flexibility index (Phi) is 2.25. The Morgan fingerprint density at radius 3 is 2.53 bits per heavy atom. The van der Waals surface area contributed by atoms with Crippen molar-refractivity contribution in [2.45, 2.75) is 58.6 Å². The van der Waals surface area contributed by atoms with E-state index in [1.54, 1.807) is 0 Å². The van der Waals surface area contributed by atoms with Crippen LogP contribution < -0.4 is 5.32 Å². The van der Waals surface area contributed by atoms with Gasteiger partial charge in [-0.1, -0.05) is 6.92 Å². The third-order valence-electron chi connectivity index (χ3n) is 3.54. The largest absolute Gasteiger partial charge is 0.444 e. The highest BCUT2D eigenvalue weighted by Crippen LogP contribution is 2.63. The Hall–Kier alpha value is -0.730. The quantitative estimate of drug-likeness (QED) is 0.724. The van der Waals surface area contributed by atoms with E-state index in [0.29, 0.717) is 11.5 Å². The van der Waals surface area contributed by atoms with E-state index < -0.39 is 5.60 Å². The highest BCUT2D eigenvalue weighted by atomic mass is 16.6. The van der Waals surface area contributed by atoms with Crippen molar-refractivity contribution in [2.24, 2.45) is 11.3 Å². The molecule has 2 aliphatic carbocycles. The lowest BCUT2D eigenvalue weighted by atomic mass is 10.1. The average Bonchev–Trinajstić information content (AvgIpc) is 2.46. The van der Waals surface area contributed by atoms with Crippen molar-refractivity contribution in [3.8, 4) is 0 Å². The van der Waals surface area contributed by atoms with Gasteiger partial charge in [0, 0.05) is 6.04 Å². The lowest BCUT2D eigenvalue weighted by molar-refractivity contribution is 0.0501. The Labute approximate surface area is 91.6 Å². The molecular formula is C12H21NO2. The van der Waals surface area contributed by atoms with Gasteiger partial charge in [0.05, 0.1) is 0 Å². The minimum Gasteiger partial charge on any atom is -0.444 e. The van der Waals surface area contributed by atoms with Crippen LogP contribution >= 0.6 is 0 Å². The van der Waals surface area contributed by atoms with E-state index in [1.165, 1.54) is 6.42 Å². The molecule has 0 aromatic heterocycles. The van der Waals surface area contributed by atoms with E-state index in [-0.39, 0.29) is 6.09 Å². The normalized spacial score (nSPS) is 38.4. The zero-order valence-corrected chi connectivity index (χ0v) is 10.1. The third-order valence-corrected chi connectivity index (χ3v) is 3.54. The molecule has 1 N–H and O–H groups in total. The molecule has 3 heteroatoms. The van der Waals surface area contributed by atoms with Crippen LogP contribution in [0, 0.1) is 11.3 Å². The maximum Gasteiger partial charge on any atom is 0.407 e. The van der Waals surface area contributed by atoms with E-state index in [0.717, 1.165) is 18.8 Å². The summed E-state index contributed by atoms with van der Waals surface area (Å²) in [5.74, 6) is 0.845. The van der Waals surface area contributed by atoms with Crippen LogP contribution in [0.5, 0.6) is 0 Å². The van der Waals surface area contributed by atoms with Crippen molar-refractivity contribution < 1.29 is 9.53 Å².